The zero-order valence-electron chi connectivity index (χ0n) is 12.8. The van der Waals surface area contributed by atoms with E-state index in [2.05, 4.69) is 6.92 Å². The summed E-state index contributed by atoms with van der Waals surface area (Å²) in [7, 11) is 0. The molecule has 0 spiro atoms. The quantitative estimate of drug-likeness (QED) is 0.484. The zero-order valence-corrected chi connectivity index (χ0v) is 12.8. The largest absolute Gasteiger partial charge is 0.479 e. The summed E-state index contributed by atoms with van der Waals surface area (Å²) in [6, 6.07) is 0. The molecule has 0 aromatic heterocycles. The Kier molecular flexibility index (Phi) is 10.9. The minimum Gasteiger partial charge on any atom is -0.479 e. The molecule has 1 unspecified atom stereocenters. The third-order valence-corrected chi connectivity index (χ3v) is 3.73. The van der Waals surface area contributed by atoms with Gasteiger partial charge in [-0.15, -0.1) is 0 Å². The van der Waals surface area contributed by atoms with Crippen LogP contribution in [0.4, 0.5) is 0 Å². The van der Waals surface area contributed by atoms with E-state index in [4.69, 9.17) is 5.11 Å². The Bertz CT molecular complexity index is 224. The van der Waals surface area contributed by atoms with Gasteiger partial charge in [0.2, 0.25) is 0 Å². The Morgan fingerprint density at radius 1 is 0.842 bits per heavy atom. The van der Waals surface area contributed by atoms with Crippen LogP contribution in [0.3, 0.4) is 0 Å². The second kappa shape index (κ2) is 11.3. The van der Waals surface area contributed by atoms with E-state index in [1.165, 1.54) is 58.3 Å². The summed E-state index contributed by atoms with van der Waals surface area (Å²) in [6.07, 6.45) is 14.0. The number of hydrogen-bond acceptors (Lipinski definition) is 2. The first-order valence-electron chi connectivity index (χ1n) is 7.96. The number of carboxylic acids is 1. The fraction of sp³-hybridized carbons (Fsp3) is 0.938. The van der Waals surface area contributed by atoms with E-state index in [0.29, 0.717) is 6.42 Å². The molecule has 0 saturated heterocycles. The second-order valence-corrected chi connectivity index (χ2v) is 5.86. The van der Waals surface area contributed by atoms with Gasteiger partial charge in [0.15, 0.2) is 5.60 Å². The average Bonchev–Trinajstić information content (AvgIpc) is 2.35. The van der Waals surface area contributed by atoms with Crippen molar-refractivity contribution < 1.29 is 15.0 Å². The van der Waals surface area contributed by atoms with Crippen LogP contribution < -0.4 is 0 Å². The molecule has 0 bridgehead atoms. The first-order valence-corrected chi connectivity index (χ1v) is 7.96. The van der Waals surface area contributed by atoms with Crippen LogP contribution in [-0.2, 0) is 4.79 Å². The number of carbonyl (C=O) groups is 1. The van der Waals surface area contributed by atoms with Gasteiger partial charge in [-0.25, -0.2) is 4.79 Å². The summed E-state index contributed by atoms with van der Waals surface area (Å²) < 4.78 is 0. The minimum absolute atomic E-state index is 0.360. The normalized spacial score (nSPS) is 14.3. The van der Waals surface area contributed by atoms with Crippen LogP contribution in [0.5, 0.6) is 0 Å². The Morgan fingerprint density at radius 3 is 1.58 bits per heavy atom. The van der Waals surface area contributed by atoms with E-state index in [-0.39, 0.29) is 0 Å². The maximum atomic E-state index is 10.7. The molecule has 0 heterocycles. The highest BCUT2D eigenvalue weighted by molar-refractivity contribution is 5.76. The maximum Gasteiger partial charge on any atom is 0.335 e. The lowest BCUT2D eigenvalue weighted by molar-refractivity contribution is -0.157. The van der Waals surface area contributed by atoms with Gasteiger partial charge in [0.1, 0.15) is 0 Å². The SMILES string of the molecule is CCCCCCCCCCCCCC(C)(O)C(=O)O. The van der Waals surface area contributed by atoms with Crippen LogP contribution >= 0.6 is 0 Å². The molecular weight excluding hydrogens is 240 g/mol. The first-order chi connectivity index (χ1) is 9.00. The summed E-state index contributed by atoms with van der Waals surface area (Å²) in [6.45, 7) is 3.62. The second-order valence-electron chi connectivity index (χ2n) is 5.86. The van der Waals surface area contributed by atoms with Gasteiger partial charge in [-0.1, -0.05) is 71.1 Å². The van der Waals surface area contributed by atoms with Gasteiger partial charge in [-0.05, 0) is 19.8 Å². The van der Waals surface area contributed by atoms with Gasteiger partial charge < -0.3 is 10.2 Å². The molecular formula is C16H32O3. The maximum absolute atomic E-state index is 10.7. The Balaban J connectivity index is 3.21. The molecule has 0 aliphatic heterocycles. The molecule has 0 radical (unpaired) electrons. The van der Waals surface area contributed by atoms with E-state index in [9.17, 15) is 9.90 Å². The van der Waals surface area contributed by atoms with Crippen molar-refractivity contribution in [3.05, 3.63) is 0 Å². The molecule has 2 N–H and O–H groups in total. The van der Waals surface area contributed by atoms with Gasteiger partial charge in [-0.3, -0.25) is 0 Å². The fourth-order valence-corrected chi connectivity index (χ4v) is 2.24. The van der Waals surface area contributed by atoms with Crippen LogP contribution in [0.2, 0.25) is 0 Å². The number of rotatable bonds is 13. The van der Waals surface area contributed by atoms with Crippen molar-refractivity contribution in [1.82, 2.24) is 0 Å². The smallest absolute Gasteiger partial charge is 0.335 e. The number of aliphatic hydroxyl groups is 1. The molecule has 19 heavy (non-hydrogen) atoms. The molecule has 0 rings (SSSR count). The van der Waals surface area contributed by atoms with Crippen molar-refractivity contribution in [3.8, 4) is 0 Å². The topological polar surface area (TPSA) is 57.5 Å². The van der Waals surface area contributed by atoms with Crippen molar-refractivity contribution in [2.45, 2.75) is 96.5 Å². The summed E-state index contributed by atoms with van der Waals surface area (Å²) in [5.74, 6) is -1.11. The number of unbranched alkanes of at least 4 members (excludes halogenated alkanes) is 10. The van der Waals surface area contributed by atoms with E-state index in [1.807, 2.05) is 0 Å². The highest BCUT2D eigenvalue weighted by atomic mass is 16.4. The van der Waals surface area contributed by atoms with Crippen LogP contribution in [0, 0.1) is 0 Å². The highest BCUT2D eigenvalue weighted by Crippen LogP contribution is 2.16. The Hall–Kier alpha value is -0.570. The third-order valence-electron chi connectivity index (χ3n) is 3.73. The molecule has 0 amide bonds. The van der Waals surface area contributed by atoms with Crippen LogP contribution in [-0.4, -0.2) is 21.8 Å². The van der Waals surface area contributed by atoms with Crippen molar-refractivity contribution in [2.24, 2.45) is 0 Å². The molecule has 0 saturated carbocycles. The predicted octanol–water partition coefficient (Wildman–Crippen LogP) is 4.52. The zero-order chi connectivity index (χ0) is 14.6. The molecule has 3 heteroatoms. The standard InChI is InChI=1S/C16H32O3/c1-3-4-5-6-7-8-9-10-11-12-13-14-16(2,19)15(17)18/h19H,3-14H2,1-2H3,(H,17,18). The lowest BCUT2D eigenvalue weighted by Crippen LogP contribution is -2.34. The summed E-state index contributed by atoms with van der Waals surface area (Å²) >= 11 is 0. The van der Waals surface area contributed by atoms with Gasteiger partial charge in [0.05, 0.1) is 0 Å². The minimum atomic E-state index is -1.54. The molecule has 0 aliphatic carbocycles. The molecule has 0 aromatic carbocycles. The molecule has 1 atom stereocenters. The van der Waals surface area contributed by atoms with Crippen molar-refractivity contribution in [1.29, 1.82) is 0 Å². The van der Waals surface area contributed by atoms with Crippen molar-refractivity contribution in [2.75, 3.05) is 0 Å². The Morgan fingerprint density at radius 2 is 1.21 bits per heavy atom. The number of hydrogen-bond donors (Lipinski definition) is 2. The molecule has 0 aliphatic rings. The third kappa shape index (κ3) is 11.0. The molecule has 0 aromatic rings. The van der Waals surface area contributed by atoms with E-state index >= 15 is 0 Å². The molecule has 114 valence electrons. The van der Waals surface area contributed by atoms with Crippen LogP contribution in [0.25, 0.3) is 0 Å². The van der Waals surface area contributed by atoms with Crippen LogP contribution in [0.1, 0.15) is 90.9 Å². The fourth-order valence-electron chi connectivity index (χ4n) is 2.24. The van der Waals surface area contributed by atoms with Crippen molar-refractivity contribution in [3.63, 3.8) is 0 Å². The summed E-state index contributed by atoms with van der Waals surface area (Å²) in [5.41, 5.74) is -1.54. The first kappa shape index (κ1) is 18.4. The predicted molar refractivity (Wildman–Crippen MR) is 79.3 cm³/mol. The van der Waals surface area contributed by atoms with Gasteiger partial charge in [0.25, 0.3) is 0 Å². The highest BCUT2D eigenvalue weighted by Gasteiger charge is 2.28. The Labute approximate surface area is 118 Å². The van der Waals surface area contributed by atoms with Gasteiger partial charge >= 0.3 is 5.97 Å². The number of aliphatic carboxylic acids is 1. The van der Waals surface area contributed by atoms with Gasteiger partial charge in [0, 0.05) is 0 Å². The molecule has 0 fully saturated rings. The average molecular weight is 272 g/mol. The molecule has 3 nitrogen and oxygen atoms in total. The van der Waals surface area contributed by atoms with Crippen LogP contribution in [0.15, 0.2) is 0 Å². The van der Waals surface area contributed by atoms with Crippen molar-refractivity contribution >= 4 is 5.97 Å². The van der Waals surface area contributed by atoms with E-state index in [1.54, 1.807) is 0 Å². The van der Waals surface area contributed by atoms with Gasteiger partial charge in [-0.2, -0.15) is 0 Å². The summed E-state index contributed by atoms with van der Waals surface area (Å²) in [5, 5.41) is 18.3. The number of carboxylic acid groups (broad SMARTS) is 1. The van der Waals surface area contributed by atoms with E-state index in [0.717, 1.165) is 19.3 Å². The monoisotopic (exact) mass is 272 g/mol. The summed E-state index contributed by atoms with van der Waals surface area (Å²) in [4.78, 5) is 10.7. The van der Waals surface area contributed by atoms with E-state index < -0.39 is 11.6 Å². The lowest BCUT2D eigenvalue weighted by atomic mass is 9.97. The lowest BCUT2D eigenvalue weighted by Gasteiger charge is -2.17.